The summed E-state index contributed by atoms with van der Waals surface area (Å²) in [5.74, 6) is -12.0. The molecule has 1 heterocycles. The monoisotopic (exact) mass is 1460 g/mol. The number of carboxylic acid groups (broad SMARTS) is 7. The minimum Gasteiger partial charge on any atom is -0.507 e. The number of hydrogen-bond acceptors (Lipinski definition) is 17. The zero-order valence-corrected chi connectivity index (χ0v) is 53.9. The normalized spacial score (nSPS) is 14.8. The predicted octanol–water partition coefficient (Wildman–Crippen LogP) is 0.625. The van der Waals surface area contributed by atoms with Gasteiger partial charge in [0.25, 0.3) is 0 Å². The van der Waals surface area contributed by atoms with Crippen molar-refractivity contribution in [2.75, 3.05) is 65.4 Å². The third-order valence-electron chi connectivity index (χ3n) is 14.8. The average molecular weight is 1460 g/mol. The molecule has 1 radical (unpaired) electrons. The second-order valence-corrected chi connectivity index (χ2v) is 23.1. The number of halogens is 1. The molecule has 0 spiro atoms. The number of phenolic OH excluding ortho intramolecular Hbond substituents is 1. The Morgan fingerprint density at radius 1 is 0.435 bits per heavy atom. The fourth-order valence-corrected chi connectivity index (χ4v) is 10.4. The van der Waals surface area contributed by atoms with Crippen LogP contribution in [0.15, 0.2) is 48.5 Å². The number of amides is 7. The van der Waals surface area contributed by atoms with Crippen molar-refractivity contribution in [2.24, 2.45) is 0 Å². The van der Waals surface area contributed by atoms with E-state index in [0.29, 0.717) is 53.2 Å². The number of phenols is 1. The van der Waals surface area contributed by atoms with Gasteiger partial charge in [-0.25, -0.2) is 19.2 Å². The number of benzene rings is 2. The van der Waals surface area contributed by atoms with Gasteiger partial charge in [-0.3, -0.25) is 57.9 Å². The van der Waals surface area contributed by atoms with Crippen molar-refractivity contribution >= 4 is 99.9 Å². The molecule has 1 aliphatic rings. The molecular formula is C59H85CuIN10O21. The van der Waals surface area contributed by atoms with Crippen LogP contribution in [-0.4, -0.2) is 235 Å². The average Bonchev–Trinajstić information content (AvgIpc) is 1.10. The molecule has 15 N–H and O–H groups in total. The minimum atomic E-state index is -1.54. The molecule has 2 aromatic rings. The van der Waals surface area contributed by atoms with Crippen LogP contribution < -0.4 is 37.2 Å². The van der Waals surface area contributed by atoms with E-state index >= 15 is 0 Å². The molecule has 7 amide bonds. The van der Waals surface area contributed by atoms with Crippen molar-refractivity contribution in [3.63, 3.8) is 0 Å². The molecule has 1 aliphatic heterocycles. The number of nitrogens with one attached hydrogen (secondary N) is 7. The number of carbonyl (C=O) groups is 13. The molecule has 1 saturated heterocycles. The predicted molar refractivity (Wildman–Crippen MR) is 331 cm³/mol. The Kier molecular flexibility index (Phi) is 38.4. The van der Waals surface area contributed by atoms with Crippen molar-refractivity contribution < 1.29 is 120 Å². The van der Waals surface area contributed by atoms with Crippen molar-refractivity contribution in [2.45, 2.75) is 152 Å². The summed E-state index contributed by atoms with van der Waals surface area (Å²) in [6.07, 6.45) is 2.09. The molecule has 6 atom stereocenters. The molecule has 33 heteroatoms. The Bertz CT molecular complexity index is 2760. The van der Waals surface area contributed by atoms with E-state index in [-0.39, 0.29) is 158 Å². The molecule has 515 valence electrons. The molecule has 3 rings (SSSR count). The summed E-state index contributed by atoms with van der Waals surface area (Å²) in [6.45, 7) is 0.560. The number of carboxylic acids is 7. The van der Waals surface area contributed by atoms with Crippen molar-refractivity contribution in [1.82, 2.24) is 51.9 Å². The van der Waals surface area contributed by atoms with Crippen LogP contribution in [-0.2, 0) is 87.4 Å². The molecule has 0 saturated carbocycles. The maximum atomic E-state index is 14.4. The summed E-state index contributed by atoms with van der Waals surface area (Å²) < 4.78 is 0.424. The molecule has 0 aromatic heterocycles. The number of carbonyl (C=O) groups excluding carboxylic acids is 6. The van der Waals surface area contributed by atoms with Crippen LogP contribution in [0.2, 0.25) is 0 Å². The summed E-state index contributed by atoms with van der Waals surface area (Å²) in [4.78, 5) is 166. The molecule has 0 bridgehead atoms. The van der Waals surface area contributed by atoms with Crippen LogP contribution in [0.5, 0.6) is 5.75 Å². The Hall–Kier alpha value is -7.72. The van der Waals surface area contributed by atoms with Crippen molar-refractivity contribution in [3.05, 3.63) is 63.2 Å². The molecular weight excluding hydrogens is 1380 g/mol. The van der Waals surface area contributed by atoms with Gasteiger partial charge in [0.15, 0.2) is 0 Å². The number of urea groups is 1. The van der Waals surface area contributed by atoms with Gasteiger partial charge in [0.2, 0.25) is 29.5 Å². The maximum Gasteiger partial charge on any atom is 0.326 e. The largest absolute Gasteiger partial charge is 0.507 e. The van der Waals surface area contributed by atoms with E-state index in [1.54, 1.807) is 51.1 Å². The van der Waals surface area contributed by atoms with Gasteiger partial charge in [0, 0.05) is 108 Å². The zero-order chi connectivity index (χ0) is 67.4. The van der Waals surface area contributed by atoms with Crippen LogP contribution in [0.3, 0.4) is 0 Å². The van der Waals surface area contributed by atoms with E-state index in [1.807, 2.05) is 22.6 Å². The van der Waals surface area contributed by atoms with Crippen LogP contribution >= 0.6 is 22.6 Å². The van der Waals surface area contributed by atoms with Crippen LogP contribution in [0.1, 0.15) is 114 Å². The Morgan fingerprint density at radius 3 is 1.36 bits per heavy atom. The maximum absolute atomic E-state index is 14.4. The molecule has 6 unspecified atom stereocenters. The van der Waals surface area contributed by atoms with Crippen LogP contribution in [0.4, 0.5) is 4.79 Å². The van der Waals surface area contributed by atoms with Crippen LogP contribution in [0.25, 0.3) is 0 Å². The number of nitrogens with zero attached hydrogens (tertiary/aromatic N) is 3. The van der Waals surface area contributed by atoms with E-state index in [4.69, 9.17) is 5.11 Å². The van der Waals surface area contributed by atoms with Gasteiger partial charge in [0.05, 0.1) is 16.7 Å². The summed E-state index contributed by atoms with van der Waals surface area (Å²) in [5.41, 5.74) is 1.08. The summed E-state index contributed by atoms with van der Waals surface area (Å²) in [5, 5.41) is 94.9. The first-order valence-electron chi connectivity index (χ1n) is 30.0. The summed E-state index contributed by atoms with van der Waals surface area (Å²) >= 11 is 1.88. The van der Waals surface area contributed by atoms with Crippen LogP contribution in [0, 0.1) is 3.57 Å². The number of unbranched alkanes of at least 4 members (excludes halogenated alkanes) is 5. The first kappa shape index (κ1) is 80.4. The molecule has 0 aliphatic carbocycles. The quantitative estimate of drug-likeness (QED) is 0.0246. The number of rotatable bonds is 43. The molecule has 31 nitrogen and oxygen atoms in total. The van der Waals surface area contributed by atoms with E-state index in [0.717, 1.165) is 0 Å². The van der Waals surface area contributed by atoms with Gasteiger partial charge in [-0.15, -0.1) is 0 Å². The first-order chi connectivity index (χ1) is 43.2. The first-order valence-corrected chi connectivity index (χ1v) is 31.1. The minimum absolute atomic E-state index is 0. The van der Waals surface area contributed by atoms with Gasteiger partial charge >= 0.3 is 47.8 Å². The third-order valence-corrected chi connectivity index (χ3v) is 15.6. The second kappa shape index (κ2) is 43.9. The fraction of sp³-hybridized carbons (Fsp3) is 0.576. The number of hydrogen-bond donors (Lipinski definition) is 15. The van der Waals surface area contributed by atoms with E-state index in [9.17, 15) is 98.1 Å². The molecule has 2 aromatic carbocycles. The molecule has 1 fully saturated rings. The van der Waals surface area contributed by atoms with Crippen molar-refractivity contribution in [1.29, 1.82) is 0 Å². The van der Waals surface area contributed by atoms with Crippen molar-refractivity contribution in [3.8, 4) is 5.75 Å². The Morgan fingerprint density at radius 2 is 0.891 bits per heavy atom. The van der Waals surface area contributed by atoms with Gasteiger partial charge in [-0.2, -0.15) is 0 Å². The topological polar surface area (TPSA) is 478 Å². The third kappa shape index (κ3) is 33.6. The summed E-state index contributed by atoms with van der Waals surface area (Å²) in [7, 11) is 0. The smallest absolute Gasteiger partial charge is 0.326 e. The SMILES string of the molecule is O=C(O)CCC(NC(=O)NC(CCCCNC(=O)CCCCCCC(=O)NCCCCC(NC(=O)C(Cc1ccccc1)NC(=O)C(Cc1ccc(O)c(I)c1)NC(=O)CCC(C(=O)O)N1CCN(CC(=O)O)CCN(CC(=O)O)CC1)C(=O)O)C(=O)O)C(=O)O.[67Cu]. The second-order valence-electron chi connectivity index (χ2n) is 22.0. The van der Waals surface area contributed by atoms with Gasteiger partial charge in [-0.05, 0) is 110 Å². The van der Waals surface area contributed by atoms with Gasteiger partial charge in [0.1, 0.15) is 42.0 Å². The zero-order valence-electron chi connectivity index (χ0n) is 50.8. The van der Waals surface area contributed by atoms with E-state index in [2.05, 4.69) is 37.2 Å². The fourth-order valence-electron chi connectivity index (χ4n) is 9.79. The Labute approximate surface area is 555 Å². The summed E-state index contributed by atoms with van der Waals surface area (Å²) in [6, 6.07) is 3.57. The number of aromatic hydroxyl groups is 1. The van der Waals surface area contributed by atoms with E-state index in [1.165, 1.54) is 12.1 Å². The Balaban J connectivity index is 0.0000288. The molecule has 92 heavy (non-hydrogen) atoms. The standard InChI is InChI=1S/C59H85IN10O21.Cu/c60-39-32-38(18-21-46(39)71)34-43(63-49(74)22-20-45(58(89)90)70-30-28-68(35-51(77)78)26-27-69(29-31-70)36-52(79)80)53(81)65-44(33-37-12-4-3-5-13-37)54(82)64-40(55(83)84)14-8-10-24-61-47(72)16-6-1-2-7-17-48(73)62-25-11-9-15-41(56(85)86)66-59(91)67-42(57(87)88)19-23-50(75)76;/h3-5,12-13,18,21,32,40-45,71H,1-2,6-11,14-17,19-20,22-31,33-36H2,(H,61,72)(H,62,73)(H,63,74)(H,64,82)(H,65,81)(H,75,76)(H,77,78)(H,79,80)(H,83,84)(H,85,86)(H,87,88)(H,89,90)(H2,66,67,91);/i;1+3. The van der Waals surface area contributed by atoms with Gasteiger partial charge in [-0.1, -0.05) is 49.2 Å². The number of aliphatic carboxylic acids is 7. The van der Waals surface area contributed by atoms with E-state index < -0.39 is 121 Å². The van der Waals surface area contributed by atoms with Gasteiger partial charge < -0.3 is 78.1 Å².